The summed E-state index contributed by atoms with van der Waals surface area (Å²) in [5.74, 6) is -1.14. The van der Waals surface area contributed by atoms with Crippen LogP contribution in [0.1, 0.15) is 32.6 Å². The third-order valence-electron chi connectivity index (χ3n) is 4.54. The van der Waals surface area contributed by atoms with Crippen LogP contribution >= 0.6 is 0 Å². The summed E-state index contributed by atoms with van der Waals surface area (Å²) in [4.78, 5) is 15.7. The third-order valence-corrected chi connectivity index (χ3v) is 4.54. The Morgan fingerprint density at radius 2 is 1.80 bits per heavy atom. The lowest BCUT2D eigenvalue weighted by Crippen LogP contribution is -2.04. The summed E-state index contributed by atoms with van der Waals surface area (Å²) >= 11 is 0. The van der Waals surface area contributed by atoms with Crippen molar-refractivity contribution in [2.24, 2.45) is 0 Å². The van der Waals surface area contributed by atoms with Gasteiger partial charge in [0.2, 0.25) is 5.82 Å². The van der Waals surface area contributed by atoms with Crippen LogP contribution in [-0.4, -0.2) is 21.2 Å². The zero-order valence-corrected chi connectivity index (χ0v) is 14.3. The maximum Gasteiger partial charge on any atom is 0.335 e. The molecule has 0 atom stereocenters. The molecule has 5 nitrogen and oxygen atoms in total. The SMILES string of the molecule is Cc1cccc(-c2nc(-c3cc(C(=O)O)c(C)c(C)c3C)no2)c1F. The minimum absolute atomic E-state index is 0.0608. The molecule has 25 heavy (non-hydrogen) atoms. The zero-order valence-electron chi connectivity index (χ0n) is 14.3. The molecule has 0 saturated heterocycles. The second kappa shape index (κ2) is 6.12. The van der Waals surface area contributed by atoms with E-state index in [9.17, 15) is 14.3 Å². The van der Waals surface area contributed by atoms with Crippen LogP contribution in [0.4, 0.5) is 4.39 Å². The van der Waals surface area contributed by atoms with Crippen LogP contribution in [0.15, 0.2) is 28.8 Å². The summed E-state index contributed by atoms with van der Waals surface area (Å²) < 4.78 is 19.5. The van der Waals surface area contributed by atoms with Gasteiger partial charge >= 0.3 is 5.97 Å². The molecular formula is C19H17FN2O3. The molecule has 1 N–H and O–H groups in total. The van der Waals surface area contributed by atoms with E-state index in [1.54, 1.807) is 32.0 Å². The molecule has 0 unspecified atom stereocenters. The van der Waals surface area contributed by atoms with E-state index < -0.39 is 11.8 Å². The quantitative estimate of drug-likeness (QED) is 0.761. The Morgan fingerprint density at radius 1 is 1.08 bits per heavy atom. The third kappa shape index (κ3) is 2.80. The Bertz CT molecular complexity index is 993. The molecule has 1 heterocycles. The van der Waals surface area contributed by atoms with E-state index >= 15 is 0 Å². The highest BCUT2D eigenvalue weighted by Gasteiger charge is 2.20. The van der Waals surface area contributed by atoms with Crippen molar-refractivity contribution in [1.29, 1.82) is 0 Å². The molecule has 0 aliphatic heterocycles. The molecule has 2 aromatic carbocycles. The summed E-state index contributed by atoms with van der Waals surface area (Å²) in [7, 11) is 0. The van der Waals surface area contributed by atoms with Gasteiger partial charge in [-0.3, -0.25) is 0 Å². The number of hydrogen-bond donors (Lipinski definition) is 1. The maximum atomic E-state index is 14.3. The number of aromatic carboxylic acids is 1. The van der Waals surface area contributed by atoms with Crippen molar-refractivity contribution < 1.29 is 18.8 Å². The zero-order chi connectivity index (χ0) is 18.3. The minimum atomic E-state index is -1.02. The second-order valence-corrected chi connectivity index (χ2v) is 6.01. The molecule has 0 aliphatic rings. The number of rotatable bonds is 3. The van der Waals surface area contributed by atoms with Crippen molar-refractivity contribution in [3.8, 4) is 22.8 Å². The molecule has 0 bridgehead atoms. The molecule has 128 valence electrons. The van der Waals surface area contributed by atoms with E-state index in [2.05, 4.69) is 10.1 Å². The first-order chi connectivity index (χ1) is 11.8. The largest absolute Gasteiger partial charge is 0.478 e. The molecule has 0 saturated carbocycles. The maximum absolute atomic E-state index is 14.3. The summed E-state index contributed by atoms with van der Waals surface area (Å²) in [6.45, 7) is 7.14. The van der Waals surface area contributed by atoms with Gasteiger partial charge in [0.15, 0.2) is 0 Å². The van der Waals surface area contributed by atoms with Crippen LogP contribution < -0.4 is 0 Å². The smallest absolute Gasteiger partial charge is 0.335 e. The Hall–Kier alpha value is -3.02. The van der Waals surface area contributed by atoms with Gasteiger partial charge in [0.1, 0.15) is 5.82 Å². The van der Waals surface area contributed by atoms with Crippen molar-refractivity contribution in [1.82, 2.24) is 10.1 Å². The van der Waals surface area contributed by atoms with E-state index in [1.807, 2.05) is 13.8 Å². The van der Waals surface area contributed by atoms with Gasteiger partial charge in [-0.25, -0.2) is 9.18 Å². The van der Waals surface area contributed by atoms with Crippen molar-refractivity contribution in [2.75, 3.05) is 0 Å². The average molecular weight is 340 g/mol. The summed E-state index contributed by atoms with van der Waals surface area (Å²) in [5, 5.41) is 13.3. The Balaban J connectivity index is 2.15. The molecule has 1 aromatic heterocycles. The van der Waals surface area contributed by atoms with E-state index in [1.165, 1.54) is 6.07 Å². The van der Waals surface area contributed by atoms with Crippen LogP contribution in [0.2, 0.25) is 0 Å². The molecule has 6 heteroatoms. The molecule has 0 fully saturated rings. The van der Waals surface area contributed by atoms with Gasteiger partial charge < -0.3 is 9.63 Å². The number of carboxylic acids is 1. The molecule has 0 radical (unpaired) electrons. The fraction of sp³-hybridized carbons (Fsp3) is 0.211. The van der Waals surface area contributed by atoms with Crippen molar-refractivity contribution in [2.45, 2.75) is 27.7 Å². The predicted octanol–water partition coefficient (Wildman–Crippen LogP) is 4.47. The van der Waals surface area contributed by atoms with Crippen LogP contribution in [-0.2, 0) is 0 Å². The number of aromatic nitrogens is 2. The topological polar surface area (TPSA) is 76.2 Å². The molecule has 3 rings (SSSR count). The number of hydrogen-bond acceptors (Lipinski definition) is 4. The monoisotopic (exact) mass is 340 g/mol. The first-order valence-corrected chi connectivity index (χ1v) is 7.75. The Kier molecular flexibility index (Phi) is 4.12. The molecule has 0 spiro atoms. The lowest BCUT2D eigenvalue weighted by atomic mass is 9.93. The number of carbonyl (C=O) groups is 1. The van der Waals surface area contributed by atoms with Crippen LogP contribution in [0, 0.1) is 33.5 Å². The van der Waals surface area contributed by atoms with Gasteiger partial charge in [-0.15, -0.1) is 0 Å². The van der Waals surface area contributed by atoms with Crippen LogP contribution in [0.5, 0.6) is 0 Å². The normalized spacial score (nSPS) is 10.9. The average Bonchev–Trinajstić information content (AvgIpc) is 3.04. The number of nitrogens with zero attached hydrogens (tertiary/aromatic N) is 2. The summed E-state index contributed by atoms with van der Waals surface area (Å²) in [6, 6.07) is 6.46. The lowest BCUT2D eigenvalue weighted by molar-refractivity contribution is 0.0696. The van der Waals surface area contributed by atoms with E-state index in [4.69, 9.17) is 4.52 Å². The van der Waals surface area contributed by atoms with Gasteiger partial charge in [0.05, 0.1) is 11.1 Å². The Labute approximate surface area is 144 Å². The van der Waals surface area contributed by atoms with E-state index in [0.29, 0.717) is 16.7 Å². The van der Waals surface area contributed by atoms with E-state index in [-0.39, 0.29) is 22.8 Å². The lowest BCUT2D eigenvalue weighted by Gasteiger charge is -2.11. The predicted molar refractivity (Wildman–Crippen MR) is 91.0 cm³/mol. The van der Waals surface area contributed by atoms with Gasteiger partial charge in [0, 0.05) is 5.56 Å². The fourth-order valence-corrected chi connectivity index (χ4v) is 2.76. The van der Waals surface area contributed by atoms with E-state index in [0.717, 1.165) is 11.1 Å². The standard InChI is InChI=1S/C19H17FN2O3/c1-9-6-5-7-13(16(9)20)18-21-17(22-25-18)14-8-15(19(23)24)12(4)10(2)11(14)3/h5-8H,1-4H3,(H,23,24). The molecule has 3 aromatic rings. The second-order valence-electron chi connectivity index (χ2n) is 6.01. The fourth-order valence-electron chi connectivity index (χ4n) is 2.76. The first kappa shape index (κ1) is 16.8. The van der Waals surface area contributed by atoms with Crippen molar-refractivity contribution >= 4 is 5.97 Å². The highest BCUT2D eigenvalue weighted by Crippen LogP contribution is 2.31. The van der Waals surface area contributed by atoms with Crippen molar-refractivity contribution in [3.05, 3.63) is 57.9 Å². The minimum Gasteiger partial charge on any atom is -0.478 e. The number of benzene rings is 2. The highest BCUT2D eigenvalue weighted by atomic mass is 19.1. The number of aryl methyl sites for hydroxylation is 1. The van der Waals surface area contributed by atoms with Crippen molar-refractivity contribution in [3.63, 3.8) is 0 Å². The molecular weight excluding hydrogens is 323 g/mol. The first-order valence-electron chi connectivity index (χ1n) is 7.75. The van der Waals surface area contributed by atoms with Crippen LogP contribution in [0.25, 0.3) is 22.8 Å². The summed E-state index contributed by atoms with van der Waals surface area (Å²) in [6.07, 6.45) is 0. The molecule has 0 aliphatic carbocycles. The van der Waals surface area contributed by atoms with Gasteiger partial charge in [-0.2, -0.15) is 4.98 Å². The van der Waals surface area contributed by atoms with Gasteiger partial charge in [-0.05, 0) is 62.1 Å². The summed E-state index contributed by atoms with van der Waals surface area (Å²) in [5.41, 5.74) is 3.85. The molecule has 0 amide bonds. The Morgan fingerprint density at radius 3 is 2.48 bits per heavy atom. The highest BCUT2D eigenvalue weighted by molar-refractivity contribution is 5.92. The van der Waals surface area contributed by atoms with Gasteiger partial charge in [-0.1, -0.05) is 17.3 Å². The number of carboxylic acid groups (broad SMARTS) is 1. The van der Waals surface area contributed by atoms with Gasteiger partial charge in [0.25, 0.3) is 5.89 Å². The number of halogens is 1. The van der Waals surface area contributed by atoms with Crippen LogP contribution in [0.3, 0.4) is 0 Å².